The van der Waals surface area contributed by atoms with Crippen molar-refractivity contribution in [2.24, 2.45) is 0 Å². The van der Waals surface area contributed by atoms with E-state index in [1.165, 1.54) is 12.8 Å². The van der Waals surface area contributed by atoms with E-state index in [2.05, 4.69) is 31.5 Å². The van der Waals surface area contributed by atoms with E-state index in [0.717, 1.165) is 29.7 Å². The van der Waals surface area contributed by atoms with E-state index in [9.17, 15) is 4.79 Å². The van der Waals surface area contributed by atoms with Gasteiger partial charge >= 0.3 is 0 Å². The van der Waals surface area contributed by atoms with E-state index in [0.29, 0.717) is 18.6 Å². The van der Waals surface area contributed by atoms with Gasteiger partial charge in [-0.1, -0.05) is 12.1 Å². The molecule has 21 heavy (non-hydrogen) atoms. The van der Waals surface area contributed by atoms with Crippen LogP contribution in [0.25, 0.3) is 0 Å². The van der Waals surface area contributed by atoms with Crippen molar-refractivity contribution in [3.63, 3.8) is 0 Å². The number of fused-ring (bicyclic) bond motifs is 2. The van der Waals surface area contributed by atoms with Crippen molar-refractivity contribution in [2.75, 3.05) is 25.0 Å². The molecule has 2 saturated heterocycles. The summed E-state index contributed by atoms with van der Waals surface area (Å²) in [5.74, 6) is 0.0645. The van der Waals surface area contributed by atoms with Crippen LogP contribution in [0.4, 0.5) is 5.69 Å². The number of hydrogen-bond donors (Lipinski definition) is 2. The molecule has 2 aliphatic heterocycles. The SMILES string of the molecule is Cl.O=C(CN1CCC2CCC(C1)N2)Nc1ccccc1Br. The number of halogens is 2. The molecule has 116 valence electrons. The molecule has 2 fully saturated rings. The second-order valence-electron chi connectivity index (χ2n) is 5.69. The van der Waals surface area contributed by atoms with Gasteiger partial charge in [0, 0.05) is 29.6 Å². The Morgan fingerprint density at radius 1 is 1.29 bits per heavy atom. The summed E-state index contributed by atoms with van der Waals surface area (Å²) < 4.78 is 0.921. The quantitative estimate of drug-likeness (QED) is 0.855. The third kappa shape index (κ3) is 4.42. The number of hydrogen-bond acceptors (Lipinski definition) is 3. The topological polar surface area (TPSA) is 44.4 Å². The highest BCUT2D eigenvalue weighted by molar-refractivity contribution is 9.10. The van der Waals surface area contributed by atoms with Crippen molar-refractivity contribution in [3.05, 3.63) is 28.7 Å². The van der Waals surface area contributed by atoms with E-state index in [-0.39, 0.29) is 18.3 Å². The van der Waals surface area contributed by atoms with Gasteiger partial charge < -0.3 is 10.6 Å². The maximum Gasteiger partial charge on any atom is 0.238 e. The fraction of sp³-hybridized carbons (Fsp3) is 0.533. The van der Waals surface area contributed by atoms with Gasteiger partial charge in [0.05, 0.1) is 12.2 Å². The number of carbonyl (C=O) groups excluding carboxylic acids is 1. The third-order valence-corrected chi connectivity index (χ3v) is 4.81. The Morgan fingerprint density at radius 2 is 2.05 bits per heavy atom. The van der Waals surface area contributed by atoms with Crippen LogP contribution >= 0.6 is 28.3 Å². The van der Waals surface area contributed by atoms with Crippen molar-refractivity contribution in [3.8, 4) is 0 Å². The Bertz CT molecular complexity index is 500. The first-order valence-electron chi connectivity index (χ1n) is 7.23. The average molecular weight is 375 g/mol. The van der Waals surface area contributed by atoms with Gasteiger partial charge in [0.25, 0.3) is 0 Å². The molecular formula is C15H21BrClN3O. The molecule has 0 aliphatic carbocycles. The van der Waals surface area contributed by atoms with Crippen LogP contribution in [-0.2, 0) is 4.79 Å². The molecule has 3 rings (SSSR count). The number of likely N-dealkylation sites (tertiary alicyclic amines) is 1. The maximum atomic E-state index is 12.2. The number of nitrogens with zero attached hydrogens (tertiary/aromatic N) is 1. The number of carbonyl (C=O) groups is 1. The summed E-state index contributed by atoms with van der Waals surface area (Å²) in [7, 11) is 0. The van der Waals surface area contributed by atoms with Gasteiger partial charge in [-0.25, -0.2) is 0 Å². The number of rotatable bonds is 3. The van der Waals surface area contributed by atoms with Gasteiger partial charge in [-0.05, 0) is 47.3 Å². The summed E-state index contributed by atoms with van der Waals surface area (Å²) >= 11 is 3.45. The molecule has 2 heterocycles. The minimum absolute atomic E-state index is 0. The van der Waals surface area contributed by atoms with Gasteiger partial charge in [-0.15, -0.1) is 12.4 Å². The Balaban J connectivity index is 0.00000161. The molecule has 4 nitrogen and oxygen atoms in total. The third-order valence-electron chi connectivity index (χ3n) is 4.12. The van der Waals surface area contributed by atoms with E-state index < -0.39 is 0 Å². The molecular weight excluding hydrogens is 354 g/mol. The van der Waals surface area contributed by atoms with Crippen molar-refractivity contribution in [2.45, 2.75) is 31.3 Å². The van der Waals surface area contributed by atoms with Crippen LogP contribution in [-0.4, -0.2) is 42.5 Å². The molecule has 0 radical (unpaired) electrons. The second kappa shape index (κ2) is 7.58. The Morgan fingerprint density at radius 3 is 2.86 bits per heavy atom. The summed E-state index contributed by atoms with van der Waals surface area (Å²) in [5.41, 5.74) is 0.840. The molecule has 2 unspecified atom stereocenters. The number of benzene rings is 1. The fourth-order valence-corrected chi connectivity index (χ4v) is 3.50. The zero-order valence-corrected chi connectivity index (χ0v) is 14.3. The highest BCUT2D eigenvalue weighted by Gasteiger charge is 2.29. The van der Waals surface area contributed by atoms with Crippen molar-refractivity contribution in [1.29, 1.82) is 0 Å². The van der Waals surface area contributed by atoms with Crippen LogP contribution in [0.15, 0.2) is 28.7 Å². The number of para-hydroxylation sites is 1. The van der Waals surface area contributed by atoms with E-state index in [1.807, 2.05) is 24.3 Å². The zero-order chi connectivity index (χ0) is 13.9. The van der Waals surface area contributed by atoms with E-state index in [4.69, 9.17) is 0 Å². The summed E-state index contributed by atoms with van der Waals surface area (Å²) in [5, 5.41) is 6.61. The average Bonchev–Trinajstić information content (AvgIpc) is 2.76. The lowest BCUT2D eigenvalue weighted by Gasteiger charge is -2.23. The van der Waals surface area contributed by atoms with Crippen LogP contribution < -0.4 is 10.6 Å². The number of nitrogens with one attached hydrogen (secondary N) is 2. The lowest BCUT2D eigenvalue weighted by atomic mass is 10.1. The number of anilines is 1. The first kappa shape index (κ1) is 16.7. The summed E-state index contributed by atoms with van der Waals surface area (Å²) in [4.78, 5) is 14.4. The maximum absolute atomic E-state index is 12.2. The molecule has 2 bridgehead atoms. The van der Waals surface area contributed by atoms with Gasteiger partial charge in [0.2, 0.25) is 5.91 Å². The predicted octanol–water partition coefficient (Wildman–Crippen LogP) is 2.64. The van der Waals surface area contributed by atoms with Crippen LogP contribution in [0.5, 0.6) is 0 Å². The summed E-state index contributed by atoms with van der Waals surface area (Å²) in [6.07, 6.45) is 3.69. The molecule has 2 atom stereocenters. The second-order valence-corrected chi connectivity index (χ2v) is 6.54. The normalized spacial score (nSPS) is 25.0. The molecule has 6 heteroatoms. The minimum atomic E-state index is 0. The monoisotopic (exact) mass is 373 g/mol. The standard InChI is InChI=1S/C15H20BrN3O.ClH/c16-13-3-1-2-4-14(13)18-15(20)10-19-8-7-11-5-6-12(9-19)17-11;/h1-4,11-12,17H,5-10H2,(H,18,20);1H. The van der Waals surface area contributed by atoms with Gasteiger partial charge in [0.15, 0.2) is 0 Å². The molecule has 0 saturated carbocycles. The predicted molar refractivity (Wildman–Crippen MR) is 91.0 cm³/mol. The fourth-order valence-electron chi connectivity index (χ4n) is 3.11. The highest BCUT2D eigenvalue weighted by atomic mass is 79.9. The molecule has 0 aromatic heterocycles. The zero-order valence-electron chi connectivity index (χ0n) is 11.8. The van der Waals surface area contributed by atoms with Crippen molar-refractivity contribution in [1.82, 2.24) is 10.2 Å². The minimum Gasteiger partial charge on any atom is -0.324 e. The van der Waals surface area contributed by atoms with E-state index >= 15 is 0 Å². The number of amides is 1. The molecule has 2 aliphatic rings. The van der Waals surface area contributed by atoms with Crippen LogP contribution in [0, 0.1) is 0 Å². The molecule has 2 N–H and O–H groups in total. The smallest absolute Gasteiger partial charge is 0.238 e. The van der Waals surface area contributed by atoms with Crippen LogP contribution in [0.1, 0.15) is 19.3 Å². The van der Waals surface area contributed by atoms with Gasteiger partial charge in [0.1, 0.15) is 0 Å². The first-order valence-corrected chi connectivity index (χ1v) is 8.03. The largest absolute Gasteiger partial charge is 0.324 e. The highest BCUT2D eigenvalue weighted by Crippen LogP contribution is 2.22. The molecule has 1 amide bonds. The Labute approximate surface area is 140 Å². The lowest BCUT2D eigenvalue weighted by Crippen LogP contribution is -2.39. The summed E-state index contributed by atoms with van der Waals surface area (Å²) in [6, 6.07) is 8.94. The van der Waals surface area contributed by atoms with Crippen LogP contribution in [0.2, 0.25) is 0 Å². The Hall–Kier alpha value is -0.620. The van der Waals surface area contributed by atoms with Crippen LogP contribution in [0.3, 0.4) is 0 Å². The molecule has 1 aromatic rings. The van der Waals surface area contributed by atoms with Crippen molar-refractivity contribution >= 4 is 39.9 Å². The van der Waals surface area contributed by atoms with Gasteiger partial charge in [-0.2, -0.15) is 0 Å². The molecule has 0 spiro atoms. The Kier molecular flexibility index (Phi) is 6.05. The van der Waals surface area contributed by atoms with Crippen molar-refractivity contribution < 1.29 is 4.79 Å². The lowest BCUT2D eigenvalue weighted by molar-refractivity contribution is -0.117. The summed E-state index contributed by atoms with van der Waals surface area (Å²) in [6.45, 7) is 2.48. The van der Waals surface area contributed by atoms with E-state index in [1.54, 1.807) is 0 Å². The van der Waals surface area contributed by atoms with Gasteiger partial charge in [-0.3, -0.25) is 9.69 Å². The first-order chi connectivity index (χ1) is 9.70. The molecule has 1 aromatic carbocycles.